The summed E-state index contributed by atoms with van der Waals surface area (Å²) in [5, 5.41) is 8.81. The maximum Gasteiger partial charge on any atom is 0.224 e. The second kappa shape index (κ2) is 7.24. The first-order valence-corrected chi connectivity index (χ1v) is 7.66. The number of nitriles is 1. The van der Waals surface area contributed by atoms with E-state index in [0.717, 1.165) is 31.4 Å². The number of nitrogens with two attached hydrogens (primary N) is 1. The van der Waals surface area contributed by atoms with Crippen molar-refractivity contribution in [2.24, 2.45) is 11.7 Å². The van der Waals surface area contributed by atoms with E-state index in [0.29, 0.717) is 24.4 Å². The molecular weight excluding hydrogens is 262 g/mol. The third kappa shape index (κ3) is 4.57. The van der Waals surface area contributed by atoms with Gasteiger partial charge in [0, 0.05) is 25.6 Å². The molecule has 0 aliphatic heterocycles. The fraction of sp³-hybridized carbons (Fsp3) is 0.529. The first-order chi connectivity index (χ1) is 10.1. The van der Waals surface area contributed by atoms with Crippen LogP contribution >= 0.6 is 0 Å². The third-order valence-electron chi connectivity index (χ3n) is 3.94. The molecule has 112 valence electrons. The highest BCUT2D eigenvalue weighted by Crippen LogP contribution is 2.33. The average Bonchev–Trinajstić information content (AvgIpc) is 3.32. The monoisotopic (exact) mass is 285 g/mol. The Morgan fingerprint density at radius 2 is 2.10 bits per heavy atom. The third-order valence-corrected chi connectivity index (χ3v) is 3.94. The summed E-state index contributed by atoms with van der Waals surface area (Å²) in [6.45, 7) is 3.41. The first kappa shape index (κ1) is 15.5. The molecule has 2 rings (SSSR count). The molecule has 2 N–H and O–H groups in total. The van der Waals surface area contributed by atoms with E-state index in [4.69, 9.17) is 11.0 Å². The molecule has 1 aromatic carbocycles. The summed E-state index contributed by atoms with van der Waals surface area (Å²) in [6.07, 6.45) is 3.71. The zero-order valence-electron chi connectivity index (χ0n) is 12.6. The Morgan fingerprint density at radius 1 is 1.43 bits per heavy atom. The lowest BCUT2D eigenvalue weighted by molar-refractivity contribution is -0.132. The van der Waals surface area contributed by atoms with E-state index in [9.17, 15) is 4.79 Å². The smallest absolute Gasteiger partial charge is 0.224 e. The second-order valence-electron chi connectivity index (χ2n) is 5.83. The van der Waals surface area contributed by atoms with Crippen LogP contribution in [0.15, 0.2) is 24.3 Å². The highest BCUT2D eigenvalue weighted by molar-refractivity contribution is 5.77. The van der Waals surface area contributed by atoms with Gasteiger partial charge in [-0.2, -0.15) is 5.26 Å². The van der Waals surface area contributed by atoms with Gasteiger partial charge in [0.2, 0.25) is 5.91 Å². The minimum absolute atomic E-state index is 0.0119. The summed E-state index contributed by atoms with van der Waals surface area (Å²) >= 11 is 0. The van der Waals surface area contributed by atoms with Gasteiger partial charge in [0.1, 0.15) is 0 Å². The highest BCUT2D eigenvalue weighted by Gasteiger charge is 2.30. The van der Waals surface area contributed by atoms with Gasteiger partial charge in [-0.3, -0.25) is 4.79 Å². The van der Waals surface area contributed by atoms with Crippen LogP contribution in [-0.4, -0.2) is 23.4 Å². The minimum Gasteiger partial charge on any atom is -0.338 e. The van der Waals surface area contributed by atoms with Gasteiger partial charge in [-0.25, -0.2) is 0 Å². The zero-order chi connectivity index (χ0) is 15.2. The molecule has 0 radical (unpaired) electrons. The number of hydrogen-bond donors (Lipinski definition) is 1. The van der Waals surface area contributed by atoms with Crippen LogP contribution in [-0.2, 0) is 11.3 Å². The topological polar surface area (TPSA) is 70.1 Å². The van der Waals surface area contributed by atoms with Gasteiger partial charge in [0.15, 0.2) is 0 Å². The van der Waals surface area contributed by atoms with Gasteiger partial charge in [-0.05, 0) is 42.9 Å². The largest absolute Gasteiger partial charge is 0.338 e. The van der Waals surface area contributed by atoms with Crippen molar-refractivity contribution >= 4 is 5.91 Å². The quantitative estimate of drug-likeness (QED) is 0.836. The molecule has 1 aromatic rings. The van der Waals surface area contributed by atoms with Crippen LogP contribution < -0.4 is 5.73 Å². The van der Waals surface area contributed by atoms with E-state index in [1.807, 2.05) is 17.0 Å². The van der Waals surface area contributed by atoms with Crippen LogP contribution in [0.3, 0.4) is 0 Å². The Morgan fingerprint density at radius 3 is 2.62 bits per heavy atom. The van der Waals surface area contributed by atoms with Crippen LogP contribution in [0.2, 0.25) is 0 Å². The Kier molecular flexibility index (Phi) is 5.35. The van der Waals surface area contributed by atoms with Crippen molar-refractivity contribution in [1.82, 2.24) is 4.90 Å². The molecule has 1 unspecified atom stereocenters. The van der Waals surface area contributed by atoms with Crippen molar-refractivity contribution in [3.8, 4) is 6.07 Å². The Bertz CT molecular complexity index is 514. The SMILES string of the molecule is CCCN(Cc1ccc(C#N)cc1)C(=O)CC(N)C1CC1. The lowest BCUT2D eigenvalue weighted by Crippen LogP contribution is -2.36. The molecule has 4 heteroatoms. The molecule has 0 saturated heterocycles. The maximum absolute atomic E-state index is 12.4. The van der Waals surface area contributed by atoms with Crippen LogP contribution in [0.5, 0.6) is 0 Å². The standard InChI is InChI=1S/C17H23N3O/c1-2-9-20(17(21)10-16(19)15-7-8-15)12-14-5-3-13(11-18)4-6-14/h3-6,15-16H,2,7-10,12,19H2,1H3. The average molecular weight is 285 g/mol. The van der Waals surface area contributed by atoms with Crippen LogP contribution in [0.25, 0.3) is 0 Å². The van der Waals surface area contributed by atoms with Crippen LogP contribution in [0.4, 0.5) is 0 Å². The van der Waals surface area contributed by atoms with Gasteiger partial charge >= 0.3 is 0 Å². The molecular formula is C17H23N3O. The van der Waals surface area contributed by atoms with Crippen molar-refractivity contribution in [2.45, 2.75) is 45.2 Å². The number of carbonyl (C=O) groups is 1. The van der Waals surface area contributed by atoms with E-state index in [2.05, 4.69) is 13.0 Å². The summed E-state index contributed by atoms with van der Waals surface area (Å²) in [6, 6.07) is 9.52. The van der Waals surface area contributed by atoms with Crippen molar-refractivity contribution in [3.63, 3.8) is 0 Å². The maximum atomic E-state index is 12.4. The number of carbonyl (C=O) groups excluding carboxylic acids is 1. The van der Waals surface area contributed by atoms with Gasteiger partial charge in [-0.1, -0.05) is 19.1 Å². The summed E-state index contributed by atoms with van der Waals surface area (Å²) in [4.78, 5) is 14.3. The Labute approximate surface area is 126 Å². The lowest BCUT2D eigenvalue weighted by atomic mass is 10.1. The van der Waals surface area contributed by atoms with E-state index < -0.39 is 0 Å². The number of hydrogen-bond acceptors (Lipinski definition) is 3. The van der Waals surface area contributed by atoms with Crippen LogP contribution in [0, 0.1) is 17.2 Å². The van der Waals surface area contributed by atoms with E-state index >= 15 is 0 Å². The number of nitrogens with zero attached hydrogens (tertiary/aromatic N) is 2. The molecule has 1 amide bonds. The number of amides is 1. The van der Waals surface area contributed by atoms with Gasteiger partial charge in [-0.15, -0.1) is 0 Å². The molecule has 1 saturated carbocycles. The zero-order valence-corrected chi connectivity index (χ0v) is 12.6. The van der Waals surface area contributed by atoms with Crippen LogP contribution in [0.1, 0.15) is 43.7 Å². The predicted molar refractivity (Wildman–Crippen MR) is 82.2 cm³/mol. The van der Waals surface area contributed by atoms with Gasteiger partial charge < -0.3 is 10.6 Å². The van der Waals surface area contributed by atoms with Crippen molar-refractivity contribution in [1.29, 1.82) is 5.26 Å². The summed E-state index contributed by atoms with van der Waals surface area (Å²) in [5.41, 5.74) is 7.75. The van der Waals surface area contributed by atoms with Gasteiger partial charge in [0.25, 0.3) is 0 Å². The van der Waals surface area contributed by atoms with Crippen molar-refractivity contribution in [2.75, 3.05) is 6.54 Å². The minimum atomic E-state index is 0.0119. The number of rotatable bonds is 7. The van der Waals surface area contributed by atoms with Gasteiger partial charge in [0.05, 0.1) is 11.6 Å². The fourth-order valence-electron chi connectivity index (χ4n) is 2.49. The molecule has 1 fully saturated rings. The Hall–Kier alpha value is -1.86. The van der Waals surface area contributed by atoms with E-state index in [1.165, 1.54) is 0 Å². The van der Waals surface area contributed by atoms with Crippen molar-refractivity contribution < 1.29 is 4.79 Å². The molecule has 0 heterocycles. The second-order valence-corrected chi connectivity index (χ2v) is 5.83. The molecule has 4 nitrogen and oxygen atoms in total. The molecule has 1 atom stereocenters. The summed E-state index contributed by atoms with van der Waals surface area (Å²) < 4.78 is 0. The normalized spacial score (nSPS) is 15.3. The van der Waals surface area contributed by atoms with Crippen molar-refractivity contribution in [3.05, 3.63) is 35.4 Å². The Balaban J connectivity index is 1.96. The predicted octanol–water partition coefficient (Wildman–Crippen LogP) is 2.42. The lowest BCUT2D eigenvalue weighted by Gasteiger charge is -2.24. The molecule has 1 aliphatic rings. The van der Waals surface area contributed by atoms with E-state index in [1.54, 1.807) is 12.1 Å². The molecule has 21 heavy (non-hydrogen) atoms. The first-order valence-electron chi connectivity index (χ1n) is 7.66. The summed E-state index contributed by atoms with van der Waals surface area (Å²) in [5.74, 6) is 0.688. The summed E-state index contributed by atoms with van der Waals surface area (Å²) in [7, 11) is 0. The number of benzene rings is 1. The molecule has 0 aromatic heterocycles. The molecule has 0 bridgehead atoms. The van der Waals surface area contributed by atoms with E-state index in [-0.39, 0.29) is 11.9 Å². The molecule has 0 spiro atoms. The fourth-order valence-corrected chi connectivity index (χ4v) is 2.49. The highest BCUT2D eigenvalue weighted by atomic mass is 16.2. The molecule has 1 aliphatic carbocycles.